The van der Waals surface area contributed by atoms with Crippen molar-refractivity contribution in [1.29, 1.82) is 0 Å². The molecule has 0 unspecified atom stereocenters. The van der Waals surface area contributed by atoms with Gasteiger partial charge in [0.1, 0.15) is 0 Å². The van der Waals surface area contributed by atoms with Gasteiger partial charge in [-0.05, 0) is 43.2 Å². The Balaban J connectivity index is 1.55. The molecule has 7 nitrogen and oxygen atoms in total. The van der Waals surface area contributed by atoms with E-state index in [0.717, 1.165) is 17.1 Å². The number of fused-ring (bicyclic) bond motifs is 1. The number of anilines is 2. The quantitative estimate of drug-likeness (QED) is 0.619. The summed E-state index contributed by atoms with van der Waals surface area (Å²) in [6, 6.07) is 14.6. The minimum absolute atomic E-state index is 0.132. The van der Waals surface area contributed by atoms with Gasteiger partial charge in [-0.2, -0.15) is 0 Å². The van der Waals surface area contributed by atoms with Gasteiger partial charge < -0.3 is 10.2 Å². The Hall–Kier alpha value is -3.26. The van der Waals surface area contributed by atoms with Crippen LogP contribution >= 0.6 is 0 Å². The lowest BCUT2D eigenvalue weighted by molar-refractivity contribution is 0.0817. The zero-order chi connectivity index (χ0) is 22.5. The third-order valence-electron chi connectivity index (χ3n) is 5.84. The molecule has 0 saturated heterocycles. The smallest absolute Gasteiger partial charge is 0.257 e. The van der Waals surface area contributed by atoms with Gasteiger partial charge in [-0.1, -0.05) is 18.2 Å². The van der Waals surface area contributed by atoms with Crippen LogP contribution in [0.2, 0.25) is 0 Å². The largest absolute Gasteiger partial charge is 0.354 e. The summed E-state index contributed by atoms with van der Waals surface area (Å²) >= 11 is 0. The fourth-order valence-corrected chi connectivity index (χ4v) is 4.96. The number of nitrogens with one attached hydrogen (secondary N) is 1. The number of pyridine rings is 2. The highest BCUT2D eigenvalue weighted by Crippen LogP contribution is 2.39. The van der Waals surface area contributed by atoms with Gasteiger partial charge in [0.05, 0.1) is 34.1 Å². The standard InChI is InChI=1S/C24H24N4O3S/c1-28-14-21-23(24(28)29)20(27-19-7-3-4-9-22(19)32(2,30)31)13-17(26-21)12-16-6-5-8-18(25-16)15-10-11-15/h3-9,13,15H,10-12,14H2,1-2H3,(H,26,27). The second kappa shape index (κ2) is 7.70. The van der Waals surface area contributed by atoms with Crippen LogP contribution in [0.15, 0.2) is 53.4 Å². The Kier molecular flexibility index (Phi) is 4.97. The molecule has 1 amide bonds. The van der Waals surface area contributed by atoms with Gasteiger partial charge in [0.25, 0.3) is 5.91 Å². The van der Waals surface area contributed by atoms with E-state index in [9.17, 15) is 13.2 Å². The zero-order valence-electron chi connectivity index (χ0n) is 18.0. The first kappa shape index (κ1) is 20.6. The molecule has 0 radical (unpaired) electrons. The molecule has 1 aliphatic heterocycles. The Bertz CT molecular complexity index is 1330. The fraction of sp³-hybridized carbons (Fsp3) is 0.292. The minimum Gasteiger partial charge on any atom is -0.354 e. The second-order valence-electron chi connectivity index (χ2n) is 8.54. The van der Waals surface area contributed by atoms with E-state index in [1.165, 1.54) is 19.1 Å². The molecule has 0 spiro atoms. The van der Waals surface area contributed by atoms with E-state index < -0.39 is 9.84 Å². The lowest BCUT2D eigenvalue weighted by atomic mass is 10.1. The molecule has 2 aliphatic rings. The zero-order valence-corrected chi connectivity index (χ0v) is 18.8. The van der Waals surface area contributed by atoms with Crippen LogP contribution in [0.5, 0.6) is 0 Å². The van der Waals surface area contributed by atoms with Crippen molar-refractivity contribution in [2.75, 3.05) is 18.6 Å². The van der Waals surface area contributed by atoms with Crippen molar-refractivity contribution in [3.05, 3.63) is 76.9 Å². The van der Waals surface area contributed by atoms with E-state index >= 15 is 0 Å². The van der Waals surface area contributed by atoms with Crippen LogP contribution in [0, 0.1) is 0 Å². The Morgan fingerprint density at radius 1 is 1.03 bits per heavy atom. The van der Waals surface area contributed by atoms with E-state index in [2.05, 4.69) is 11.4 Å². The number of para-hydroxylation sites is 1. The van der Waals surface area contributed by atoms with Gasteiger partial charge in [0.2, 0.25) is 0 Å². The summed E-state index contributed by atoms with van der Waals surface area (Å²) in [6.45, 7) is 0.417. The molecule has 1 aromatic carbocycles. The predicted octanol–water partition coefficient (Wildman–Crippen LogP) is 3.68. The number of carbonyl (C=O) groups excluding carboxylic acids is 1. The van der Waals surface area contributed by atoms with Crippen molar-refractivity contribution in [2.24, 2.45) is 0 Å². The van der Waals surface area contributed by atoms with E-state index in [0.29, 0.717) is 41.5 Å². The number of rotatable bonds is 6. The van der Waals surface area contributed by atoms with Gasteiger partial charge in [-0.3, -0.25) is 14.8 Å². The minimum atomic E-state index is -3.44. The maximum Gasteiger partial charge on any atom is 0.257 e. The molecule has 3 aromatic rings. The summed E-state index contributed by atoms with van der Waals surface area (Å²) in [6.07, 6.45) is 4.09. The van der Waals surface area contributed by atoms with Crippen molar-refractivity contribution in [3.63, 3.8) is 0 Å². The molecule has 1 N–H and O–H groups in total. The molecular formula is C24H24N4O3S. The maximum atomic E-state index is 12.8. The molecule has 0 atom stereocenters. The van der Waals surface area contributed by atoms with E-state index in [1.807, 2.05) is 18.2 Å². The molecule has 5 rings (SSSR count). The molecule has 1 aliphatic carbocycles. The number of hydrogen-bond donors (Lipinski definition) is 1. The van der Waals surface area contributed by atoms with Gasteiger partial charge in [0, 0.05) is 42.7 Å². The van der Waals surface area contributed by atoms with Crippen LogP contribution in [0.3, 0.4) is 0 Å². The molecule has 164 valence electrons. The number of sulfone groups is 1. The molecule has 1 saturated carbocycles. The molecular weight excluding hydrogens is 424 g/mol. The lowest BCUT2D eigenvalue weighted by Gasteiger charge is -2.15. The van der Waals surface area contributed by atoms with E-state index in [1.54, 1.807) is 36.2 Å². The monoisotopic (exact) mass is 448 g/mol. The summed E-state index contributed by atoms with van der Waals surface area (Å²) in [5.74, 6) is 0.436. The first-order valence-corrected chi connectivity index (χ1v) is 12.5. The van der Waals surface area contributed by atoms with Crippen LogP contribution in [0.1, 0.15) is 51.9 Å². The summed E-state index contributed by atoms with van der Waals surface area (Å²) in [7, 11) is -1.71. The third kappa shape index (κ3) is 3.98. The fourth-order valence-electron chi connectivity index (χ4n) is 4.11. The number of amides is 1. The highest BCUT2D eigenvalue weighted by molar-refractivity contribution is 7.90. The molecule has 32 heavy (non-hydrogen) atoms. The molecule has 0 bridgehead atoms. The molecule has 1 fully saturated rings. The molecule has 8 heteroatoms. The van der Waals surface area contributed by atoms with Gasteiger partial charge in [-0.25, -0.2) is 8.42 Å². The Morgan fingerprint density at radius 2 is 1.81 bits per heavy atom. The van der Waals surface area contributed by atoms with E-state index in [-0.39, 0.29) is 10.8 Å². The molecule has 2 aromatic heterocycles. The van der Waals surface area contributed by atoms with Crippen LogP contribution in [-0.2, 0) is 22.8 Å². The lowest BCUT2D eigenvalue weighted by Crippen LogP contribution is -2.18. The molecule has 3 heterocycles. The van der Waals surface area contributed by atoms with Crippen LogP contribution in [-0.4, -0.2) is 42.5 Å². The van der Waals surface area contributed by atoms with Crippen LogP contribution in [0.25, 0.3) is 0 Å². The average Bonchev–Trinajstić information content (AvgIpc) is 3.54. The summed E-state index contributed by atoms with van der Waals surface area (Å²) in [5, 5.41) is 3.21. The average molecular weight is 449 g/mol. The number of hydrogen-bond acceptors (Lipinski definition) is 6. The van der Waals surface area contributed by atoms with Gasteiger partial charge in [0.15, 0.2) is 9.84 Å². The SMILES string of the molecule is CN1Cc2nc(Cc3cccc(C4CC4)n3)cc(Nc3ccccc3S(C)(=O)=O)c2C1=O. The van der Waals surface area contributed by atoms with Crippen molar-refractivity contribution < 1.29 is 13.2 Å². The van der Waals surface area contributed by atoms with Crippen molar-refractivity contribution >= 4 is 27.1 Å². The topological polar surface area (TPSA) is 92.3 Å². The number of benzene rings is 1. The maximum absolute atomic E-state index is 12.8. The first-order chi connectivity index (χ1) is 15.3. The predicted molar refractivity (Wildman–Crippen MR) is 122 cm³/mol. The van der Waals surface area contributed by atoms with E-state index in [4.69, 9.17) is 9.97 Å². The first-order valence-electron chi connectivity index (χ1n) is 10.6. The highest BCUT2D eigenvalue weighted by Gasteiger charge is 2.30. The van der Waals surface area contributed by atoms with Crippen LogP contribution in [0.4, 0.5) is 11.4 Å². The number of carbonyl (C=O) groups is 1. The summed E-state index contributed by atoms with van der Waals surface area (Å²) in [5.41, 5.74) is 5.01. The Labute approximate surface area is 187 Å². The second-order valence-corrected chi connectivity index (χ2v) is 10.5. The van der Waals surface area contributed by atoms with Crippen LogP contribution < -0.4 is 5.32 Å². The summed E-state index contributed by atoms with van der Waals surface area (Å²) < 4.78 is 24.5. The van der Waals surface area contributed by atoms with Crippen molar-refractivity contribution in [2.45, 2.75) is 36.6 Å². The Morgan fingerprint density at radius 3 is 2.56 bits per heavy atom. The van der Waals surface area contributed by atoms with Gasteiger partial charge >= 0.3 is 0 Å². The number of aromatic nitrogens is 2. The number of nitrogens with zero attached hydrogens (tertiary/aromatic N) is 3. The van der Waals surface area contributed by atoms with Crippen molar-refractivity contribution in [1.82, 2.24) is 14.9 Å². The summed E-state index contributed by atoms with van der Waals surface area (Å²) in [4.78, 5) is 24.1. The van der Waals surface area contributed by atoms with Gasteiger partial charge in [-0.15, -0.1) is 0 Å². The highest BCUT2D eigenvalue weighted by atomic mass is 32.2. The van der Waals surface area contributed by atoms with Crippen molar-refractivity contribution in [3.8, 4) is 0 Å². The normalized spacial score (nSPS) is 15.7. The third-order valence-corrected chi connectivity index (χ3v) is 6.99.